The Morgan fingerprint density at radius 3 is 1.77 bits per heavy atom. The molecule has 0 aromatic heterocycles. The van der Waals surface area contributed by atoms with E-state index in [2.05, 4.69) is 0 Å². The summed E-state index contributed by atoms with van der Waals surface area (Å²) < 4.78 is 11.1. The van der Waals surface area contributed by atoms with E-state index in [9.17, 15) is 9.59 Å². The maximum absolute atomic E-state index is 12.3. The minimum absolute atomic E-state index is 0.0369. The van der Waals surface area contributed by atoms with E-state index in [1.165, 1.54) is 12.8 Å². The van der Waals surface area contributed by atoms with E-state index in [4.69, 9.17) is 9.47 Å². The molecule has 0 aliphatic heterocycles. The van der Waals surface area contributed by atoms with Crippen LogP contribution in [0.4, 0.5) is 0 Å². The Morgan fingerprint density at radius 2 is 1.27 bits per heavy atom. The smallest absolute Gasteiger partial charge is 0.312 e. The van der Waals surface area contributed by atoms with E-state index in [0.29, 0.717) is 0 Å². The van der Waals surface area contributed by atoms with Gasteiger partial charge in [-0.05, 0) is 65.2 Å². The number of hydrogen-bond donors (Lipinski definition) is 0. The first kappa shape index (κ1) is 17.3. The van der Waals surface area contributed by atoms with Crippen molar-refractivity contribution in [1.82, 2.24) is 0 Å². The molecule has 0 heterocycles. The molecule has 0 atom stereocenters. The molecule has 0 aromatic rings. The molecule has 0 N–H and O–H groups in total. The predicted molar refractivity (Wildman–Crippen MR) is 84.3 cm³/mol. The van der Waals surface area contributed by atoms with Crippen LogP contribution in [0.1, 0.15) is 84.5 Å². The van der Waals surface area contributed by atoms with Crippen LogP contribution in [0.2, 0.25) is 0 Å². The van der Waals surface area contributed by atoms with Crippen LogP contribution in [-0.4, -0.2) is 24.1 Å². The summed E-state index contributed by atoms with van der Waals surface area (Å²) in [5.74, 6) is -0.530. The zero-order valence-corrected chi connectivity index (χ0v) is 14.1. The van der Waals surface area contributed by atoms with Crippen molar-refractivity contribution in [1.29, 1.82) is 0 Å². The summed E-state index contributed by atoms with van der Waals surface area (Å²) in [7, 11) is 0. The number of hydrogen-bond acceptors (Lipinski definition) is 4. The second kappa shape index (κ2) is 7.98. The van der Waals surface area contributed by atoms with E-state index >= 15 is 0 Å². The van der Waals surface area contributed by atoms with Crippen molar-refractivity contribution >= 4 is 11.9 Å². The standard InChI is InChI=1S/C18H30O4/c1-18(2,17(20)22-15-11-7-4-8-12-15)13-16(19)21-14-9-5-3-6-10-14/h14-15H,3-13H2,1-2H3. The van der Waals surface area contributed by atoms with Crippen LogP contribution in [0.15, 0.2) is 0 Å². The average Bonchev–Trinajstić information content (AvgIpc) is 2.48. The first-order valence-corrected chi connectivity index (χ1v) is 8.88. The van der Waals surface area contributed by atoms with Gasteiger partial charge in [0.05, 0.1) is 11.8 Å². The van der Waals surface area contributed by atoms with Gasteiger partial charge in [-0.25, -0.2) is 0 Å². The molecular formula is C18H30O4. The van der Waals surface area contributed by atoms with Crippen molar-refractivity contribution in [2.45, 2.75) is 96.7 Å². The molecule has 2 aliphatic rings. The Balaban J connectivity index is 1.77. The molecule has 4 heteroatoms. The molecule has 0 bridgehead atoms. The fourth-order valence-corrected chi connectivity index (χ4v) is 3.34. The van der Waals surface area contributed by atoms with E-state index in [1.54, 1.807) is 13.8 Å². The fourth-order valence-electron chi connectivity index (χ4n) is 3.34. The van der Waals surface area contributed by atoms with Gasteiger partial charge in [-0.15, -0.1) is 0 Å². The Hall–Kier alpha value is -1.06. The van der Waals surface area contributed by atoms with Gasteiger partial charge >= 0.3 is 11.9 Å². The van der Waals surface area contributed by atoms with Crippen molar-refractivity contribution in [3.63, 3.8) is 0 Å². The molecule has 2 fully saturated rings. The summed E-state index contributed by atoms with van der Waals surface area (Å²) >= 11 is 0. The second-order valence-electron chi connectivity index (χ2n) is 7.48. The summed E-state index contributed by atoms with van der Waals surface area (Å²) in [6.45, 7) is 3.56. The topological polar surface area (TPSA) is 52.6 Å². The van der Waals surface area contributed by atoms with Gasteiger partial charge in [0.1, 0.15) is 12.2 Å². The lowest BCUT2D eigenvalue weighted by atomic mass is 9.89. The van der Waals surface area contributed by atoms with Gasteiger partial charge in [-0.1, -0.05) is 12.8 Å². The van der Waals surface area contributed by atoms with Crippen molar-refractivity contribution < 1.29 is 19.1 Å². The third-order valence-electron chi connectivity index (χ3n) is 4.82. The number of rotatable bonds is 5. The minimum Gasteiger partial charge on any atom is -0.462 e. The SMILES string of the molecule is CC(C)(CC(=O)OC1CCCCC1)C(=O)OC1CCCCC1. The van der Waals surface area contributed by atoms with Crippen LogP contribution in [-0.2, 0) is 19.1 Å². The van der Waals surface area contributed by atoms with Crippen molar-refractivity contribution in [3.8, 4) is 0 Å². The highest BCUT2D eigenvalue weighted by Crippen LogP contribution is 2.28. The molecule has 126 valence electrons. The van der Waals surface area contributed by atoms with Crippen LogP contribution in [0.3, 0.4) is 0 Å². The predicted octanol–water partition coefficient (Wildman–Crippen LogP) is 4.15. The van der Waals surface area contributed by atoms with E-state index < -0.39 is 5.41 Å². The third-order valence-corrected chi connectivity index (χ3v) is 4.82. The summed E-state index contributed by atoms with van der Waals surface area (Å²) in [6.07, 6.45) is 11.0. The molecule has 0 spiro atoms. The fraction of sp³-hybridized carbons (Fsp3) is 0.889. The molecule has 0 saturated heterocycles. The van der Waals surface area contributed by atoms with E-state index in [1.807, 2.05) is 0 Å². The zero-order chi connectivity index (χ0) is 16.0. The first-order valence-electron chi connectivity index (χ1n) is 8.88. The summed E-state index contributed by atoms with van der Waals surface area (Å²) in [6, 6.07) is 0. The molecule has 2 saturated carbocycles. The lowest BCUT2D eigenvalue weighted by Gasteiger charge is -2.28. The lowest BCUT2D eigenvalue weighted by molar-refractivity contribution is -0.168. The molecule has 2 aliphatic carbocycles. The van der Waals surface area contributed by atoms with Crippen molar-refractivity contribution in [2.75, 3.05) is 0 Å². The van der Waals surface area contributed by atoms with Gasteiger partial charge in [0.2, 0.25) is 0 Å². The molecule has 0 aromatic carbocycles. The lowest BCUT2D eigenvalue weighted by Crippen LogP contribution is -2.34. The van der Waals surface area contributed by atoms with Crippen LogP contribution < -0.4 is 0 Å². The molecule has 0 unspecified atom stereocenters. The molecule has 4 nitrogen and oxygen atoms in total. The Kier molecular flexibility index (Phi) is 6.27. The van der Waals surface area contributed by atoms with Crippen molar-refractivity contribution in [3.05, 3.63) is 0 Å². The van der Waals surface area contributed by atoms with Gasteiger partial charge in [0, 0.05) is 0 Å². The quantitative estimate of drug-likeness (QED) is 0.716. The summed E-state index contributed by atoms with van der Waals surface area (Å²) in [5, 5.41) is 0. The molecule has 0 radical (unpaired) electrons. The monoisotopic (exact) mass is 310 g/mol. The second-order valence-corrected chi connectivity index (χ2v) is 7.48. The van der Waals surface area contributed by atoms with E-state index in [0.717, 1.165) is 51.4 Å². The van der Waals surface area contributed by atoms with E-state index in [-0.39, 0.29) is 30.6 Å². The van der Waals surface area contributed by atoms with Gasteiger partial charge < -0.3 is 9.47 Å². The maximum Gasteiger partial charge on any atom is 0.312 e. The Labute approximate surface area is 133 Å². The normalized spacial score (nSPS) is 21.4. The summed E-state index contributed by atoms with van der Waals surface area (Å²) in [5.41, 5.74) is -0.802. The molecular weight excluding hydrogens is 280 g/mol. The maximum atomic E-state index is 12.3. The summed E-state index contributed by atoms with van der Waals surface area (Å²) in [4.78, 5) is 24.4. The highest BCUT2D eigenvalue weighted by molar-refractivity contribution is 5.82. The van der Waals surface area contributed by atoms with Crippen molar-refractivity contribution in [2.24, 2.45) is 5.41 Å². The van der Waals surface area contributed by atoms with Gasteiger partial charge in [-0.3, -0.25) is 9.59 Å². The molecule has 2 rings (SSSR count). The van der Waals surface area contributed by atoms with Crippen LogP contribution in [0.5, 0.6) is 0 Å². The number of ether oxygens (including phenoxy) is 2. The largest absolute Gasteiger partial charge is 0.462 e. The van der Waals surface area contributed by atoms with Crippen LogP contribution in [0, 0.1) is 5.41 Å². The average molecular weight is 310 g/mol. The third kappa shape index (κ3) is 5.29. The molecule has 0 amide bonds. The number of carbonyl (C=O) groups excluding carboxylic acids is 2. The van der Waals surface area contributed by atoms with Gasteiger partial charge in [0.25, 0.3) is 0 Å². The Morgan fingerprint density at radius 1 is 0.818 bits per heavy atom. The number of carbonyl (C=O) groups is 2. The van der Waals surface area contributed by atoms with Crippen LogP contribution >= 0.6 is 0 Å². The first-order chi connectivity index (χ1) is 10.5. The zero-order valence-electron chi connectivity index (χ0n) is 14.1. The molecule has 22 heavy (non-hydrogen) atoms. The minimum atomic E-state index is -0.802. The van der Waals surface area contributed by atoms with Gasteiger partial charge in [0.15, 0.2) is 0 Å². The Bertz CT molecular complexity index is 377. The number of esters is 2. The van der Waals surface area contributed by atoms with Gasteiger partial charge in [-0.2, -0.15) is 0 Å². The highest BCUT2D eigenvalue weighted by Gasteiger charge is 2.35. The van der Waals surface area contributed by atoms with Crippen LogP contribution in [0.25, 0.3) is 0 Å². The highest BCUT2D eigenvalue weighted by atomic mass is 16.6.